The quantitative estimate of drug-likeness (QED) is 0.657. The summed E-state index contributed by atoms with van der Waals surface area (Å²) in [6.45, 7) is -0.216. The normalized spacial score (nSPS) is 12.3. The van der Waals surface area contributed by atoms with Crippen molar-refractivity contribution in [3.8, 4) is 0 Å². The van der Waals surface area contributed by atoms with Gasteiger partial charge in [0.1, 0.15) is 11.6 Å². The molecule has 0 radical (unpaired) electrons. The van der Waals surface area contributed by atoms with Crippen LogP contribution >= 0.6 is 11.6 Å². The highest BCUT2D eigenvalue weighted by atomic mass is 35.5. The molecular formula is C10H10ClF2NO2. The van der Waals surface area contributed by atoms with Crippen LogP contribution in [0.5, 0.6) is 0 Å². The summed E-state index contributed by atoms with van der Waals surface area (Å²) in [5.41, 5.74) is 5.05. The van der Waals surface area contributed by atoms with Gasteiger partial charge in [-0.25, -0.2) is 8.78 Å². The van der Waals surface area contributed by atoms with E-state index < -0.39 is 28.5 Å². The molecule has 0 heterocycles. The second kappa shape index (κ2) is 5.23. The number of methoxy groups -OCH3 is 1. The van der Waals surface area contributed by atoms with Crippen LogP contribution < -0.4 is 5.73 Å². The maximum Gasteiger partial charge on any atom is 0.314 e. The topological polar surface area (TPSA) is 52.3 Å². The first-order valence-corrected chi connectivity index (χ1v) is 4.82. The first kappa shape index (κ1) is 12.9. The van der Waals surface area contributed by atoms with Crippen molar-refractivity contribution < 1.29 is 18.3 Å². The Hall–Kier alpha value is -1.20. The Morgan fingerprint density at radius 3 is 2.56 bits per heavy atom. The van der Waals surface area contributed by atoms with Crippen LogP contribution in [-0.4, -0.2) is 19.6 Å². The smallest absolute Gasteiger partial charge is 0.314 e. The van der Waals surface area contributed by atoms with Gasteiger partial charge in [0.2, 0.25) is 0 Å². The molecule has 0 aromatic heterocycles. The minimum Gasteiger partial charge on any atom is -0.469 e. The highest BCUT2D eigenvalue weighted by molar-refractivity contribution is 6.31. The molecule has 88 valence electrons. The molecule has 1 aromatic carbocycles. The molecule has 3 nitrogen and oxygen atoms in total. The number of rotatable bonds is 3. The molecule has 0 fully saturated rings. The first-order valence-electron chi connectivity index (χ1n) is 4.44. The van der Waals surface area contributed by atoms with Gasteiger partial charge in [0.15, 0.2) is 0 Å². The van der Waals surface area contributed by atoms with Gasteiger partial charge in [0, 0.05) is 12.1 Å². The lowest BCUT2D eigenvalue weighted by Gasteiger charge is -2.15. The lowest BCUT2D eigenvalue weighted by molar-refractivity contribution is -0.142. The molecule has 1 unspecified atom stereocenters. The number of ether oxygens (including phenoxy) is 1. The van der Waals surface area contributed by atoms with E-state index in [9.17, 15) is 13.6 Å². The molecule has 16 heavy (non-hydrogen) atoms. The van der Waals surface area contributed by atoms with E-state index in [2.05, 4.69) is 4.74 Å². The summed E-state index contributed by atoms with van der Waals surface area (Å²) in [5, 5.41) is -0.444. The van der Waals surface area contributed by atoms with E-state index >= 15 is 0 Å². The maximum atomic E-state index is 13.4. The molecule has 0 aliphatic heterocycles. The zero-order valence-corrected chi connectivity index (χ0v) is 9.22. The van der Waals surface area contributed by atoms with Gasteiger partial charge in [-0.3, -0.25) is 4.79 Å². The maximum absolute atomic E-state index is 13.4. The Bertz CT molecular complexity index is 412. The molecular weight excluding hydrogens is 240 g/mol. The number of carbonyl (C=O) groups is 1. The van der Waals surface area contributed by atoms with Gasteiger partial charge in [0.25, 0.3) is 0 Å². The van der Waals surface area contributed by atoms with Crippen molar-refractivity contribution in [2.75, 3.05) is 13.7 Å². The Morgan fingerprint density at radius 2 is 2.06 bits per heavy atom. The van der Waals surface area contributed by atoms with Gasteiger partial charge in [-0.2, -0.15) is 0 Å². The van der Waals surface area contributed by atoms with Crippen LogP contribution in [0, 0.1) is 11.6 Å². The molecule has 0 aliphatic rings. The average molecular weight is 250 g/mol. The molecule has 0 bridgehead atoms. The number of halogens is 3. The van der Waals surface area contributed by atoms with Crippen LogP contribution in [0.3, 0.4) is 0 Å². The van der Waals surface area contributed by atoms with Gasteiger partial charge in [-0.05, 0) is 12.1 Å². The minimum absolute atomic E-state index is 0.216. The van der Waals surface area contributed by atoms with Crippen LogP contribution in [0.1, 0.15) is 11.5 Å². The van der Waals surface area contributed by atoms with E-state index in [4.69, 9.17) is 17.3 Å². The van der Waals surface area contributed by atoms with E-state index in [1.807, 2.05) is 0 Å². The molecule has 1 rings (SSSR count). The van der Waals surface area contributed by atoms with Crippen LogP contribution in [-0.2, 0) is 9.53 Å². The highest BCUT2D eigenvalue weighted by Gasteiger charge is 2.27. The van der Waals surface area contributed by atoms with Crippen molar-refractivity contribution in [1.82, 2.24) is 0 Å². The Kier molecular flexibility index (Phi) is 4.20. The molecule has 2 N–H and O–H groups in total. The van der Waals surface area contributed by atoms with E-state index in [-0.39, 0.29) is 12.1 Å². The predicted molar refractivity (Wildman–Crippen MR) is 55.2 cm³/mol. The van der Waals surface area contributed by atoms with E-state index in [1.165, 1.54) is 0 Å². The average Bonchev–Trinajstić information content (AvgIpc) is 2.28. The largest absolute Gasteiger partial charge is 0.469 e. The lowest BCUT2D eigenvalue weighted by Crippen LogP contribution is -2.24. The van der Waals surface area contributed by atoms with Crippen molar-refractivity contribution in [3.63, 3.8) is 0 Å². The molecule has 0 saturated heterocycles. The summed E-state index contributed by atoms with van der Waals surface area (Å²) in [7, 11) is 1.14. The first-order chi connectivity index (χ1) is 7.52. The SMILES string of the molecule is COC(=O)C(CN)c1c(F)ccc(F)c1Cl. The number of hydrogen-bond acceptors (Lipinski definition) is 3. The van der Waals surface area contributed by atoms with E-state index in [0.717, 1.165) is 19.2 Å². The summed E-state index contributed by atoms with van der Waals surface area (Å²) in [6, 6.07) is 1.77. The van der Waals surface area contributed by atoms with Gasteiger partial charge in [0.05, 0.1) is 18.1 Å². The van der Waals surface area contributed by atoms with E-state index in [1.54, 1.807) is 0 Å². The molecule has 0 spiro atoms. The predicted octanol–water partition coefficient (Wildman–Crippen LogP) is 1.83. The van der Waals surface area contributed by atoms with Gasteiger partial charge in [-0.15, -0.1) is 0 Å². The van der Waals surface area contributed by atoms with Crippen LogP contribution in [0.25, 0.3) is 0 Å². The minimum atomic E-state index is -1.10. The van der Waals surface area contributed by atoms with Gasteiger partial charge >= 0.3 is 5.97 Å². The van der Waals surface area contributed by atoms with Crippen LogP contribution in [0.4, 0.5) is 8.78 Å². The second-order valence-corrected chi connectivity index (χ2v) is 3.45. The van der Waals surface area contributed by atoms with Crippen molar-refractivity contribution in [2.24, 2.45) is 5.73 Å². The standard InChI is InChI=1S/C10H10ClF2NO2/c1-16-10(15)5(4-14)8-6(12)2-3-7(13)9(8)11/h2-3,5H,4,14H2,1H3. The number of nitrogens with two attached hydrogens (primary N) is 1. The fourth-order valence-electron chi connectivity index (χ4n) is 1.34. The Balaban J connectivity index is 3.29. The van der Waals surface area contributed by atoms with Crippen molar-refractivity contribution in [2.45, 2.75) is 5.92 Å². The van der Waals surface area contributed by atoms with Crippen LogP contribution in [0.2, 0.25) is 5.02 Å². The third-order valence-corrected chi connectivity index (χ3v) is 2.53. The fourth-order valence-corrected chi connectivity index (χ4v) is 1.62. The number of carbonyl (C=O) groups excluding carboxylic acids is 1. The molecule has 1 atom stereocenters. The third kappa shape index (κ3) is 2.31. The van der Waals surface area contributed by atoms with E-state index in [0.29, 0.717) is 0 Å². The fraction of sp³-hybridized carbons (Fsp3) is 0.300. The second-order valence-electron chi connectivity index (χ2n) is 3.07. The number of esters is 1. The van der Waals surface area contributed by atoms with Gasteiger partial charge < -0.3 is 10.5 Å². The van der Waals surface area contributed by atoms with Crippen LogP contribution in [0.15, 0.2) is 12.1 Å². The molecule has 0 amide bonds. The zero-order chi connectivity index (χ0) is 12.3. The summed E-state index contributed by atoms with van der Waals surface area (Å²) in [6.07, 6.45) is 0. The van der Waals surface area contributed by atoms with Crippen molar-refractivity contribution >= 4 is 17.6 Å². The molecule has 6 heteroatoms. The summed E-state index contributed by atoms with van der Waals surface area (Å²) in [5.74, 6) is -3.45. The molecule has 1 aromatic rings. The lowest BCUT2D eigenvalue weighted by atomic mass is 9.98. The number of benzene rings is 1. The Labute approximate surface area is 96.1 Å². The third-order valence-electron chi connectivity index (χ3n) is 2.15. The Morgan fingerprint density at radius 1 is 1.50 bits per heavy atom. The van der Waals surface area contributed by atoms with Crippen molar-refractivity contribution in [3.05, 3.63) is 34.4 Å². The number of hydrogen-bond donors (Lipinski definition) is 1. The highest BCUT2D eigenvalue weighted by Crippen LogP contribution is 2.30. The molecule has 0 aliphatic carbocycles. The summed E-state index contributed by atoms with van der Waals surface area (Å²) < 4.78 is 31.0. The van der Waals surface area contributed by atoms with Crippen molar-refractivity contribution in [1.29, 1.82) is 0 Å². The monoisotopic (exact) mass is 249 g/mol. The van der Waals surface area contributed by atoms with Gasteiger partial charge in [-0.1, -0.05) is 11.6 Å². The summed E-state index contributed by atoms with van der Waals surface area (Å²) in [4.78, 5) is 11.3. The molecule has 0 saturated carbocycles. The zero-order valence-electron chi connectivity index (χ0n) is 8.47. The summed E-state index contributed by atoms with van der Waals surface area (Å²) >= 11 is 5.59.